The predicted molar refractivity (Wildman–Crippen MR) is 125 cm³/mol. The van der Waals surface area contributed by atoms with Gasteiger partial charge in [-0.15, -0.1) is 0 Å². The molecule has 0 saturated carbocycles. The van der Waals surface area contributed by atoms with Crippen LogP contribution in [0.25, 0.3) is 33.4 Å². The summed E-state index contributed by atoms with van der Waals surface area (Å²) in [6.45, 7) is 2.58. The molecule has 10 nitrogen and oxygen atoms in total. The van der Waals surface area contributed by atoms with E-state index in [1.54, 1.807) is 9.58 Å². The van der Waals surface area contributed by atoms with Crippen LogP contribution in [0, 0.1) is 0 Å². The Labute approximate surface area is 196 Å². The monoisotopic (exact) mass is 461 g/mol. The summed E-state index contributed by atoms with van der Waals surface area (Å²) in [5, 5.41) is 19.5. The number of amides is 1. The van der Waals surface area contributed by atoms with E-state index in [1.165, 1.54) is 0 Å². The molecule has 6 rings (SSSR count). The second kappa shape index (κ2) is 8.07. The number of hydrogen-bond donors (Lipinski definition) is 1. The Kier molecular flexibility index (Phi) is 5.00. The molecule has 5 heterocycles. The number of aliphatic hydroxyl groups is 1. The number of fused-ring (bicyclic) bond motifs is 2. The van der Waals surface area contributed by atoms with Crippen LogP contribution in [-0.4, -0.2) is 71.4 Å². The maximum absolute atomic E-state index is 12.3. The second-order valence-corrected chi connectivity index (χ2v) is 9.06. The van der Waals surface area contributed by atoms with Gasteiger partial charge in [-0.3, -0.25) is 14.2 Å². The minimum Gasteiger partial charge on any atom is -0.387 e. The highest BCUT2D eigenvalue weighted by Crippen LogP contribution is 2.36. The summed E-state index contributed by atoms with van der Waals surface area (Å²) in [7, 11) is 3.84. The van der Waals surface area contributed by atoms with Crippen LogP contribution in [0.3, 0.4) is 0 Å². The molecule has 1 unspecified atom stereocenters. The van der Waals surface area contributed by atoms with Gasteiger partial charge in [-0.05, 0) is 18.6 Å². The third kappa shape index (κ3) is 3.33. The van der Waals surface area contributed by atoms with Crippen LogP contribution < -0.4 is 0 Å². The minimum atomic E-state index is -0.483. The van der Waals surface area contributed by atoms with Crippen molar-refractivity contribution >= 4 is 16.8 Å². The van der Waals surface area contributed by atoms with Gasteiger partial charge in [-0.1, -0.05) is 6.07 Å². The highest BCUT2D eigenvalue weighted by Gasteiger charge is 2.31. The Morgan fingerprint density at radius 2 is 2.09 bits per heavy atom. The first kappa shape index (κ1) is 21.1. The van der Waals surface area contributed by atoms with Gasteiger partial charge in [0.15, 0.2) is 0 Å². The van der Waals surface area contributed by atoms with Crippen molar-refractivity contribution in [2.45, 2.75) is 25.4 Å². The van der Waals surface area contributed by atoms with E-state index in [4.69, 9.17) is 14.8 Å². The van der Waals surface area contributed by atoms with E-state index >= 15 is 0 Å². The zero-order chi connectivity index (χ0) is 23.4. The maximum Gasteiger partial charge on any atom is 0.248 e. The lowest BCUT2D eigenvalue weighted by Gasteiger charge is -2.29. The molecule has 1 fully saturated rings. The molecule has 1 N–H and O–H groups in total. The maximum atomic E-state index is 12.3. The number of hydrogen-bond acceptors (Lipinski definition) is 6. The van der Waals surface area contributed by atoms with E-state index in [1.807, 2.05) is 31.2 Å². The fourth-order valence-electron chi connectivity index (χ4n) is 5.16. The van der Waals surface area contributed by atoms with Crippen molar-refractivity contribution in [3.8, 4) is 22.5 Å². The number of nitrogens with zero attached hydrogens (tertiary/aromatic N) is 7. The average Bonchev–Trinajstić information content (AvgIpc) is 3.64. The van der Waals surface area contributed by atoms with Gasteiger partial charge in [0.2, 0.25) is 5.91 Å². The molecule has 10 heteroatoms. The lowest BCUT2D eigenvalue weighted by molar-refractivity contribution is -0.135. The highest BCUT2D eigenvalue weighted by molar-refractivity contribution is 5.95. The number of benzene rings is 1. The van der Waals surface area contributed by atoms with Crippen LogP contribution in [0.5, 0.6) is 0 Å². The van der Waals surface area contributed by atoms with Crippen molar-refractivity contribution in [3.63, 3.8) is 0 Å². The largest absolute Gasteiger partial charge is 0.387 e. The third-order valence-electron chi connectivity index (χ3n) is 6.92. The van der Waals surface area contributed by atoms with Crippen molar-refractivity contribution in [1.82, 2.24) is 34.0 Å². The SMILES string of the molecule is Cn1cc(-c2nn(C)c3ccc(-c4nc(C5CCOC5)n5c4CN(C(=O)CO)CC5)cc23)cn1. The number of aromatic nitrogens is 6. The minimum absolute atomic E-state index is 0.251. The van der Waals surface area contributed by atoms with Gasteiger partial charge in [0.1, 0.15) is 18.1 Å². The Balaban J connectivity index is 1.50. The van der Waals surface area contributed by atoms with Crippen molar-refractivity contribution < 1.29 is 14.6 Å². The topological polar surface area (TPSA) is 103 Å². The predicted octanol–water partition coefficient (Wildman–Crippen LogP) is 1.68. The van der Waals surface area contributed by atoms with Gasteiger partial charge in [0.05, 0.1) is 36.3 Å². The summed E-state index contributed by atoms with van der Waals surface area (Å²) in [5.41, 5.74) is 5.72. The molecule has 4 aromatic rings. The van der Waals surface area contributed by atoms with E-state index in [0.717, 1.165) is 58.0 Å². The van der Waals surface area contributed by atoms with Gasteiger partial charge in [0, 0.05) is 62.4 Å². The summed E-state index contributed by atoms with van der Waals surface area (Å²) in [4.78, 5) is 19.1. The van der Waals surface area contributed by atoms with Crippen LogP contribution in [-0.2, 0) is 36.7 Å². The Bertz CT molecular complexity index is 1390. The molecule has 2 aliphatic heterocycles. The second-order valence-electron chi connectivity index (χ2n) is 9.06. The molecule has 2 aliphatic rings. The summed E-state index contributed by atoms with van der Waals surface area (Å²) in [5.74, 6) is 1.02. The number of carbonyl (C=O) groups is 1. The number of aliphatic hydroxyl groups excluding tert-OH is 1. The number of rotatable bonds is 4. The first-order valence-corrected chi connectivity index (χ1v) is 11.6. The average molecular weight is 462 g/mol. The molecule has 0 bridgehead atoms. The van der Waals surface area contributed by atoms with E-state index in [9.17, 15) is 9.90 Å². The van der Waals surface area contributed by atoms with Crippen LogP contribution >= 0.6 is 0 Å². The van der Waals surface area contributed by atoms with Crippen molar-refractivity contribution in [3.05, 3.63) is 42.1 Å². The van der Waals surface area contributed by atoms with Crippen molar-refractivity contribution in [1.29, 1.82) is 0 Å². The normalized spacial score (nSPS) is 18.1. The van der Waals surface area contributed by atoms with Gasteiger partial charge in [-0.25, -0.2) is 4.98 Å². The van der Waals surface area contributed by atoms with Gasteiger partial charge in [-0.2, -0.15) is 10.2 Å². The number of carbonyl (C=O) groups excluding carboxylic acids is 1. The van der Waals surface area contributed by atoms with Crippen molar-refractivity contribution in [2.24, 2.45) is 14.1 Å². The van der Waals surface area contributed by atoms with Gasteiger partial charge >= 0.3 is 0 Å². The number of imidazole rings is 1. The Morgan fingerprint density at radius 3 is 2.82 bits per heavy atom. The summed E-state index contributed by atoms with van der Waals surface area (Å²) >= 11 is 0. The van der Waals surface area contributed by atoms with Gasteiger partial charge in [0.25, 0.3) is 0 Å². The molecule has 1 saturated heterocycles. The van der Waals surface area contributed by atoms with Crippen LogP contribution in [0.2, 0.25) is 0 Å². The van der Waals surface area contributed by atoms with Gasteiger partial charge < -0.3 is 19.3 Å². The first-order valence-electron chi connectivity index (χ1n) is 11.6. The van der Waals surface area contributed by atoms with Crippen LogP contribution in [0.1, 0.15) is 23.9 Å². The fraction of sp³-hybridized carbons (Fsp3) is 0.417. The molecule has 176 valence electrons. The smallest absolute Gasteiger partial charge is 0.248 e. The quantitative estimate of drug-likeness (QED) is 0.496. The van der Waals surface area contributed by atoms with Crippen LogP contribution in [0.15, 0.2) is 30.6 Å². The number of ether oxygens (including phenoxy) is 1. The molecule has 1 atom stereocenters. The van der Waals surface area contributed by atoms with E-state index < -0.39 is 6.61 Å². The van der Waals surface area contributed by atoms with Crippen molar-refractivity contribution in [2.75, 3.05) is 26.4 Å². The Morgan fingerprint density at radius 1 is 1.21 bits per heavy atom. The summed E-state index contributed by atoms with van der Waals surface area (Å²) in [6, 6.07) is 6.28. The molecule has 0 spiro atoms. The van der Waals surface area contributed by atoms with E-state index in [2.05, 4.69) is 27.9 Å². The fourth-order valence-corrected chi connectivity index (χ4v) is 5.16. The molecule has 3 aromatic heterocycles. The molecule has 1 amide bonds. The molecular formula is C24H27N7O3. The van der Waals surface area contributed by atoms with E-state index in [0.29, 0.717) is 26.2 Å². The molecule has 0 aliphatic carbocycles. The lowest BCUT2D eigenvalue weighted by Crippen LogP contribution is -2.40. The van der Waals surface area contributed by atoms with Crippen LogP contribution in [0.4, 0.5) is 0 Å². The summed E-state index contributed by atoms with van der Waals surface area (Å²) in [6.07, 6.45) is 4.73. The lowest BCUT2D eigenvalue weighted by atomic mass is 10.0. The zero-order valence-corrected chi connectivity index (χ0v) is 19.3. The molecular weight excluding hydrogens is 434 g/mol. The standard InChI is InChI=1S/C24H27N7O3/c1-28-11-17(10-25-28)22-18-9-15(3-4-19(18)29(2)27-22)23-20-12-30(21(33)13-32)6-7-31(20)24(26-23)16-5-8-34-14-16/h3-4,9-11,16,32H,5-8,12-14H2,1-2H3. The third-order valence-corrected chi connectivity index (χ3v) is 6.92. The molecule has 1 aromatic carbocycles. The summed E-state index contributed by atoms with van der Waals surface area (Å²) < 4.78 is 11.6. The molecule has 34 heavy (non-hydrogen) atoms. The highest BCUT2D eigenvalue weighted by atomic mass is 16.5. The molecule has 0 radical (unpaired) electrons. The zero-order valence-electron chi connectivity index (χ0n) is 19.3. The number of aryl methyl sites for hydroxylation is 2. The first-order chi connectivity index (χ1) is 16.5. The van der Waals surface area contributed by atoms with E-state index in [-0.39, 0.29) is 11.8 Å². The Hall–Kier alpha value is -3.50.